The van der Waals surface area contributed by atoms with Crippen LogP contribution in [0.25, 0.3) is 0 Å². The molecule has 0 aromatic heterocycles. The smallest absolute Gasteiger partial charge is 0.240 e. The van der Waals surface area contributed by atoms with E-state index in [-0.39, 0.29) is 12.0 Å². The molecule has 0 N–H and O–H groups in total. The van der Waals surface area contributed by atoms with E-state index in [1.165, 1.54) is 6.92 Å². The summed E-state index contributed by atoms with van der Waals surface area (Å²) < 4.78 is 28.2. The first-order chi connectivity index (χ1) is 7.86. The number of nitrogens with zero attached hydrogens (tertiary/aromatic N) is 1. The molecule has 1 aliphatic rings. The minimum Gasteiger partial charge on any atom is -0.377 e. The Morgan fingerprint density at radius 2 is 2.18 bits per heavy atom. The highest BCUT2D eigenvalue weighted by Crippen LogP contribution is 2.15. The van der Waals surface area contributed by atoms with Crippen molar-refractivity contribution in [3.63, 3.8) is 0 Å². The standard InChI is InChI=1S/C11H21NO4S/c1-4-16-10-6-5-7-12(8-10)11(13)9(2)17(3,14)15/h9-10H,4-8H2,1-3H3/t9-,10+/m0/s1. The lowest BCUT2D eigenvalue weighted by molar-refractivity contribution is -0.134. The first-order valence-electron chi connectivity index (χ1n) is 5.95. The van der Waals surface area contributed by atoms with Gasteiger partial charge in [0.05, 0.1) is 6.10 Å². The largest absolute Gasteiger partial charge is 0.377 e. The van der Waals surface area contributed by atoms with Crippen molar-refractivity contribution in [1.29, 1.82) is 0 Å². The van der Waals surface area contributed by atoms with Gasteiger partial charge in [-0.3, -0.25) is 4.79 Å². The molecular formula is C11H21NO4S. The van der Waals surface area contributed by atoms with Gasteiger partial charge >= 0.3 is 0 Å². The van der Waals surface area contributed by atoms with E-state index in [1.807, 2.05) is 6.92 Å². The molecule has 17 heavy (non-hydrogen) atoms. The summed E-state index contributed by atoms with van der Waals surface area (Å²) in [5.41, 5.74) is 0. The Balaban J connectivity index is 2.63. The molecule has 2 atom stereocenters. The summed E-state index contributed by atoms with van der Waals surface area (Å²) in [5, 5.41) is -0.956. The Morgan fingerprint density at radius 3 is 2.71 bits per heavy atom. The van der Waals surface area contributed by atoms with Crippen LogP contribution in [0.4, 0.5) is 0 Å². The van der Waals surface area contributed by atoms with Crippen LogP contribution >= 0.6 is 0 Å². The number of amides is 1. The summed E-state index contributed by atoms with van der Waals surface area (Å²) in [4.78, 5) is 13.6. The molecule has 5 nitrogen and oxygen atoms in total. The van der Waals surface area contributed by atoms with E-state index in [1.54, 1.807) is 4.90 Å². The van der Waals surface area contributed by atoms with Gasteiger partial charge < -0.3 is 9.64 Å². The first-order valence-corrected chi connectivity index (χ1v) is 7.91. The van der Waals surface area contributed by atoms with Gasteiger partial charge in [-0.2, -0.15) is 0 Å². The van der Waals surface area contributed by atoms with E-state index in [0.717, 1.165) is 19.1 Å². The molecule has 1 rings (SSSR count). The van der Waals surface area contributed by atoms with Crippen LogP contribution in [0.2, 0.25) is 0 Å². The van der Waals surface area contributed by atoms with E-state index in [4.69, 9.17) is 4.74 Å². The highest BCUT2D eigenvalue weighted by molar-refractivity contribution is 7.92. The molecule has 0 radical (unpaired) electrons. The lowest BCUT2D eigenvalue weighted by Crippen LogP contribution is -2.48. The molecule has 0 unspecified atom stereocenters. The summed E-state index contributed by atoms with van der Waals surface area (Å²) in [5.74, 6) is -0.308. The second-order valence-electron chi connectivity index (χ2n) is 4.48. The second kappa shape index (κ2) is 5.82. The molecule has 1 fully saturated rings. The van der Waals surface area contributed by atoms with E-state index in [9.17, 15) is 13.2 Å². The van der Waals surface area contributed by atoms with Crippen molar-refractivity contribution >= 4 is 15.7 Å². The Bertz CT molecular complexity index is 364. The van der Waals surface area contributed by atoms with Gasteiger partial charge in [0.1, 0.15) is 5.25 Å². The van der Waals surface area contributed by atoms with Crippen molar-refractivity contribution in [2.45, 2.75) is 38.0 Å². The SMILES string of the molecule is CCO[C@@H]1CCCN(C(=O)[C@H](C)S(C)(=O)=O)C1. The molecule has 0 aromatic carbocycles. The van der Waals surface area contributed by atoms with Crippen LogP contribution in [0.1, 0.15) is 26.7 Å². The lowest BCUT2D eigenvalue weighted by atomic mass is 10.1. The Hall–Kier alpha value is -0.620. The monoisotopic (exact) mass is 263 g/mol. The van der Waals surface area contributed by atoms with Gasteiger partial charge in [-0.15, -0.1) is 0 Å². The van der Waals surface area contributed by atoms with Crippen LogP contribution in [-0.4, -0.2) is 56.5 Å². The number of hydrogen-bond acceptors (Lipinski definition) is 4. The number of ether oxygens (including phenoxy) is 1. The number of sulfone groups is 1. The highest BCUT2D eigenvalue weighted by atomic mass is 32.2. The van der Waals surface area contributed by atoms with E-state index in [2.05, 4.69) is 0 Å². The lowest BCUT2D eigenvalue weighted by Gasteiger charge is -2.33. The molecule has 6 heteroatoms. The zero-order chi connectivity index (χ0) is 13.1. The molecule has 1 heterocycles. The van der Waals surface area contributed by atoms with Gasteiger partial charge in [0.2, 0.25) is 5.91 Å². The number of carbonyl (C=O) groups excluding carboxylic acids is 1. The third kappa shape index (κ3) is 3.96. The predicted molar refractivity (Wildman–Crippen MR) is 65.5 cm³/mol. The second-order valence-corrected chi connectivity index (χ2v) is 6.84. The molecule has 1 saturated heterocycles. The van der Waals surface area contributed by atoms with Crippen LogP contribution in [0.5, 0.6) is 0 Å². The van der Waals surface area contributed by atoms with E-state index in [0.29, 0.717) is 19.7 Å². The molecule has 0 spiro atoms. The van der Waals surface area contributed by atoms with E-state index < -0.39 is 15.1 Å². The van der Waals surface area contributed by atoms with Gasteiger partial charge in [0.25, 0.3) is 0 Å². The molecular weight excluding hydrogens is 242 g/mol. The maximum atomic E-state index is 12.0. The molecule has 0 aromatic rings. The summed E-state index contributed by atoms with van der Waals surface area (Å²) in [6.07, 6.45) is 2.95. The van der Waals surface area contributed by atoms with Crippen molar-refractivity contribution in [1.82, 2.24) is 4.90 Å². The number of piperidine rings is 1. The van der Waals surface area contributed by atoms with Gasteiger partial charge in [0.15, 0.2) is 9.84 Å². The molecule has 0 saturated carbocycles. The third-order valence-electron chi connectivity index (χ3n) is 3.08. The molecule has 0 aliphatic carbocycles. The van der Waals surface area contributed by atoms with Crippen LogP contribution < -0.4 is 0 Å². The Morgan fingerprint density at radius 1 is 1.53 bits per heavy atom. The fraction of sp³-hybridized carbons (Fsp3) is 0.909. The quantitative estimate of drug-likeness (QED) is 0.738. The maximum absolute atomic E-state index is 12.0. The third-order valence-corrected chi connectivity index (χ3v) is 4.57. The first kappa shape index (κ1) is 14.4. The van der Waals surface area contributed by atoms with Crippen molar-refractivity contribution in [2.24, 2.45) is 0 Å². The van der Waals surface area contributed by atoms with E-state index >= 15 is 0 Å². The topological polar surface area (TPSA) is 63.7 Å². The zero-order valence-electron chi connectivity index (χ0n) is 10.7. The summed E-state index contributed by atoms with van der Waals surface area (Å²) >= 11 is 0. The van der Waals surface area contributed by atoms with Crippen molar-refractivity contribution in [3.05, 3.63) is 0 Å². The minimum atomic E-state index is -3.31. The predicted octanol–water partition coefficient (Wildman–Crippen LogP) is 0.447. The summed E-state index contributed by atoms with van der Waals surface area (Å²) in [7, 11) is -3.31. The number of rotatable bonds is 4. The highest BCUT2D eigenvalue weighted by Gasteiger charge is 2.31. The fourth-order valence-corrected chi connectivity index (χ4v) is 2.47. The van der Waals surface area contributed by atoms with Crippen LogP contribution in [0.15, 0.2) is 0 Å². The molecule has 0 bridgehead atoms. The number of hydrogen-bond donors (Lipinski definition) is 0. The van der Waals surface area contributed by atoms with Gasteiger partial charge in [0, 0.05) is 26.0 Å². The Kier molecular flexibility index (Phi) is 4.94. The van der Waals surface area contributed by atoms with Crippen LogP contribution in [0, 0.1) is 0 Å². The van der Waals surface area contributed by atoms with Crippen molar-refractivity contribution < 1.29 is 17.9 Å². The van der Waals surface area contributed by atoms with Gasteiger partial charge in [-0.25, -0.2) is 8.42 Å². The summed E-state index contributed by atoms with van der Waals surface area (Å²) in [6.45, 7) is 5.12. The van der Waals surface area contributed by atoms with Gasteiger partial charge in [-0.1, -0.05) is 0 Å². The number of carbonyl (C=O) groups is 1. The maximum Gasteiger partial charge on any atom is 0.240 e. The average Bonchev–Trinajstić information content (AvgIpc) is 2.27. The zero-order valence-corrected chi connectivity index (χ0v) is 11.5. The fourth-order valence-electron chi connectivity index (χ4n) is 1.95. The molecule has 1 aliphatic heterocycles. The molecule has 100 valence electrons. The minimum absolute atomic E-state index is 0.0458. The Labute approximate surface area is 103 Å². The number of likely N-dealkylation sites (tertiary alicyclic amines) is 1. The summed E-state index contributed by atoms with van der Waals surface area (Å²) in [6, 6.07) is 0. The average molecular weight is 263 g/mol. The van der Waals surface area contributed by atoms with Crippen LogP contribution in [0.3, 0.4) is 0 Å². The van der Waals surface area contributed by atoms with Crippen molar-refractivity contribution in [3.8, 4) is 0 Å². The molecule has 1 amide bonds. The normalized spacial score (nSPS) is 23.5. The van der Waals surface area contributed by atoms with Crippen molar-refractivity contribution in [2.75, 3.05) is 26.0 Å². The van der Waals surface area contributed by atoms with Gasteiger partial charge in [-0.05, 0) is 26.7 Å². The van der Waals surface area contributed by atoms with Crippen LogP contribution in [-0.2, 0) is 19.4 Å².